The molecule has 0 saturated carbocycles. The molecule has 0 atom stereocenters. The number of methoxy groups -OCH3 is 1. The van der Waals surface area contributed by atoms with Crippen molar-refractivity contribution in [2.75, 3.05) is 37.4 Å². The van der Waals surface area contributed by atoms with E-state index in [0.717, 1.165) is 24.3 Å². The number of nitrogens with zero attached hydrogens (tertiary/aromatic N) is 3. The van der Waals surface area contributed by atoms with E-state index >= 15 is 0 Å². The second kappa shape index (κ2) is 9.07. The van der Waals surface area contributed by atoms with Crippen LogP contribution in [0.25, 0.3) is 0 Å². The van der Waals surface area contributed by atoms with E-state index in [0.29, 0.717) is 31.5 Å². The van der Waals surface area contributed by atoms with Gasteiger partial charge in [0.2, 0.25) is 5.95 Å². The lowest BCUT2D eigenvalue weighted by molar-refractivity contribution is 0.0983. The van der Waals surface area contributed by atoms with Crippen molar-refractivity contribution in [2.24, 2.45) is 0 Å². The van der Waals surface area contributed by atoms with E-state index in [9.17, 15) is 4.79 Å². The van der Waals surface area contributed by atoms with Gasteiger partial charge in [-0.2, -0.15) is 4.98 Å². The molecular weight excluding hydrogens is 346 g/mol. The lowest BCUT2D eigenvalue weighted by Gasteiger charge is -2.31. The Bertz CT molecular complexity index is 745. The summed E-state index contributed by atoms with van der Waals surface area (Å²) in [5, 5.41) is 6.61. The van der Waals surface area contributed by atoms with E-state index in [2.05, 4.69) is 20.6 Å². The third-order valence-electron chi connectivity index (χ3n) is 4.37. The minimum Gasteiger partial charge on any atom is -0.497 e. The topological polar surface area (TPSA) is 88.6 Å². The monoisotopic (exact) mass is 371 g/mol. The molecule has 1 aromatic carbocycles. The van der Waals surface area contributed by atoms with Gasteiger partial charge < -0.3 is 25.0 Å². The maximum absolute atomic E-state index is 11.8. The molecule has 1 amide bonds. The highest BCUT2D eigenvalue weighted by Crippen LogP contribution is 2.20. The van der Waals surface area contributed by atoms with Gasteiger partial charge in [-0.05, 0) is 50.1 Å². The molecule has 8 nitrogen and oxygen atoms in total. The first-order valence-corrected chi connectivity index (χ1v) is 9.10. The zero-order valence-electron chi connectivity index (χ0n) is 15.6. The molecule has 0 unspecified atom stereocenters. The van der Waals surface area contributed by atoms with Gasteiger partial charge in [0, 0.05) is 31.0 Å². The van der Waals surface area contributed by atoms with Crippen LogP contribution in [0.15, 0.2) is 36.5 Å². The SMILES string of the molecule is CCOC(=O)N1CCC(Nc2nccc(Nc3ccc(OC)cc3)n2)CC1. The second-order valence-electron chi connectivity index (χ2n) is 6.22. The van der Waals surface area contributed by atoms with E-state index in [1.54, 1.807) is 18.2 Å². The van der Waals surface area contributed by atoms with Crippen LogP contribution in [0.1, 0.15) is 19.8 Å². The van der Waals surface area contributed by atoms with Crippen molar-refractivity contribution >= 4 is 23.5 Å². The summed E-state index contributed by atoms with van der Waals surface area (Å²) in [6.45, 7) is 3.55. The molecule has 2 N–H and O–H groups in total. The summed E-state index contributed by atoms with van der Waals surface area (Å²) in [7, 11) is 1.64. The number of amides is 1. The fourth-order valence-electron chi connectivity index (χ4n) is 2.92. The van der Waals surface area contributed by atoms with Gasteiger partial charge in [-0.25, -0.2) is 9.78 Å². The quantitative estimate of drug-likeness (QED) is 0.806. The van der Waals surface area contributed by atoms with E-state index in [-0.39, 0.29) is 12.1 Å². The van der Waals surface area contributed by atoms with Crippen LogP contribution in [0.5, 0.6) is 5.75 Å². The predicted molar refractivity (Wildman–Crippen MR) is 104 cm³/mol. The molecule has 1 aromatic heterocycles. The van der Waals surface area contributed by atoms with Gasteiger partial charge in [0.1, 0.15) is 11.6 Å². The summed E-state index contributed by atoms with van der Waals surface area (Å²) in [5.41, 5.74) is 0.920. The number of ether oxygens (including phenoxy) is 2. The summed E-state index contributed by atoms with van der Waals surface area (Å²) in [6, 6.07) is 9.68. The molecule has 27 heavy (non-hydrogen) atoms. The number of carbonyl (C=O) groups is 1. The minimum atomic E-state index is -0.238. The number of aromatic nitrogens is 2. The van der Waals surface area contributed by atoms with E-state index < -0.39 is 0 Å². The number of nitrogens with one attached hydrogen (secondary N) is 2. The van der Waals surface area contributed by atoms with Crippen molar-refractivity contribution < 1.29 is 14.3 Å². The Labute approximate surface area is 158 Å². The van der Waals surface area contributed by atoms with Gasteiger partial charge in [0.05, 0.1) is 13.7 Å². The van der Waals surface area contributed by atoms with Gasteiger partial charge in [-0.1, -0.05) is 0 Å². The van der Waals surface area contributed by atoms with Crippen molar-refractivity contribution in [3.63, 3.8) is 0 Å². The van der Waals surface area contributed by atoms with Gasteiger partial charge in [0.25, 0.3) is 0 Å². The number of piperidine rings is 1. The standard InChI is InChI=1S/C19H25N5O3/c1-3-27-19(25)24-12-9-15(10-13-24)22-18-20-11-8-17(23-18)21-14-4-6-16(26-2)7-5-14/h4-8,11,15H,3,9-10,12-13H2,1-2H3,(H2,20,21,22,23). The Morgan fingerprint density at radius 3 is 2.63 bits per heavy atom. The van der Waals surface area contributed by atoms with Crippen LogP contribution < -0.4 is 15.4 Å². The Morgan fingerprint density at radius 1 is 1.22 bits per heavy atom. The van der Waals surface area contributed by atoms with Crippen LogP contribution in [-0.4, -0.2) is 53.8 Å². The van der Waals surface area contributed by atoms with Crippen LogP contribution in [0.3, 0.4) is 0 Å². The van der Waals surface area contributed by atoms with Gasteiger partial charge in [0.15, 0.2) is 0 Å². The van der Waals surface area contributed by atoms with Crippen molar-refractivity contribution in [1.82, 2.24) is 14.9 Å². The van der Waals surface area contributed by atoms with Gasteiger partial charge in [-0.15, -0.1) is 0 Å². The average Bonchev–Trinajstić information content (AvgIpc) is 2.70. The number of benzene rings is 1. The van der Waals surface area contributed by atoms with E-state index in [1.807, 2.05) is 37.3 Å². The minimum absolute atomic E-state index is 0.229. The molecule has 0 aliphatic carbocycles. The zero-order chi connectivity index (χ0) is 19.1. The van der Waals surface area contributed by atoms with Crippen LogP contribution in [-0.2, 0) is 4.74 Å². The Balaban J connectivity index is 1.54. The maximum Gasteiger partial charge on any atom is 0.409 e. The predicted octanol–water partition coefficient (Wildman–Crippen LogP) is 3.26. The zero-order valence-corrected chi connectivity index (χ0v) is 15.6. The van der Waals surface area contributed by atoms with Crippen molar-refractivity contribution in [1.29, 1.82) is 0 Å². The Hall–Kier alpha value is -3.03. The molecule has 1 aliphatic rings. The molecule has 0 bridgehead atoms. The molecule has 0 spiro atoms. The maximum atomic E-state index is 11.8. The van der Waals surface area contributed by atoms with Gasteiger partial charge in [-0.3, -0.25) is 0 Å². The third kappa shape index (κ3) is 5.22. The number of anilines is 3. The molecule has 2 heterocycles. The summed E-state index contributed by atoms with van der Waals surface area (Å²) >= 11 is 0. The largest absolute Gasteiger partial charge is 0.497 e. The van der Waals surface area contributed by atoms with E-state index in [1.165, 1.54) is 0 Å². The summed E-state index contributed by atoms with van der Waals surface area (Å²) < 4.78 is 10.2. The third-order valence-corrected chi connectivity index (χ3v) is 4.37. The molecule has 2 aromatic rings. The van der Waals surface area contributed by atoms with Crippen LogP contribution in [0.2, 0.25) is 0 Å². The number of rotatable bonds is 6. The number of hydrogen-bond acceptors (Lipinski definition) is 7. The highest BCUT2D eigenvalue weighted by molar-refractivity contribution is 5.67. The summed E-state index contributed by atoms with van der Waals surface area (Å²) in [4.78, 5) is 22.3. The molecule has 3 rings (SSSR count). The fraction of sp³-hybridized carbons (Fsp3) is 0.421. The van der Waals surface area contributed by atoms with Gasteiger partial charge >= 0.3 is 6.09 Å². The van der Waals surface area contributed by atoms with Crippen molar-refractivity contribution in [3.05, 3.63) is 36.5 Å². The highest BCUT2D eigenvalue weighted by atomic mass is 16.6. The first-order chi connectivity index (χ1) is 13.2. The first-order valence-electron chi connectivity index (χ1n) is 9.10. The Kier molecular flexibility index (Phi) is 6.30. The van der Waals surface area contributed by atoms with Crippen molar-refractivity contribution in [3.8, 4) is 5.75 Å². The second-order valence-corrected chi connectivity index (χ2v) is 6.22. The average molecular weight is 371 g/mol. The summed E-state index contributed by atoms with van der Waals surface area (Å²) in [5.74, 6) is 2.09. The fourth-order valence-corrected chi connectivity index (χ4v) is 2.92. The lowest BCUT2D eigenvalue weighted by Crippen LogP contribution is -2.42. The molecule has 1 aliphatic heterocycles. The van der Waals surface area contributed by atoms with Crippen LogP contribution >= 0.6 is 0 Å². The molecule has 144 valence electrons. The molecule has 0 radical (unpaired) electrons. The van der Waals surface area contributed by atoms with Crippen LogP contribution in [0.4, 0.5) is 22.2 Å². The highest BCUT2D eigenvalue weighted by Gasteiger charge is 2.23. The lowest BCUT2D eigenvalue weighted by atomic mass is 10.1. The molecule has 1 fully saturated rings. The molecule has 1 saturated heterocycles. The van der Waals surface area contributed by atoms with Crippen molar-refractivity contribution in [2.45, 2.75) is 25.8 Å². The number of carbonyl (C=O) groups excluding carboxylic acids is 1. The first kappa shape index (κ1) is 18.8. The molecule has 8 heteroatoms. The normalized spacial score (nSPS) is 14.5. The smallest absolute Gasteiger partial charge is 0.409 e. The number of likely N-dealkylation sites (tertiary alicyclic amines) is 1. The number of hydrogen-bond donors (Lipinski definition) is 2. The molecular formula is C19H25N5O3. The van der Waals surface area contributed by atoms with E-state index in [4.69, 9.17) is 9.47 Å². The Morgan fingerprint density at radius 2 is 1.96 bits per heavy atom. The van der Waals surface area contributed by atoms with Crippen LogP contribution in [0, 0.1) is 0 Å². The summed E-state index contributed by atoms with van der Waals surface area (Å²) in [6.07, 6.45) is 3.14.